The van der Waals surface area contributed by atoms with E-state index in [1.54, 1.807) is 0 Å². The fourth-order valence-corrected chi connectivity index (χ4v) is 1.11. The standard InChI is InChI=1S/C9H8F3NO3/c1-2-16-8(15)6-5(14)3-4-13-7(6)9(10,11)12/h3-4H,2H2,1H3,(H,13,14). The molecule has 1 rings (SSSR count). The molecule has 1 aromatic heterocycles. The van der Waals surface area contributed by atoms with Gasteiger partial charge in [0.1, 0.15) is 11.3 Å². The Hall–Kier alpha value is -1.79. The summed E-state index contributed by atoms with van der Waals surface area (Å²) in [5.74, 6) is -1.28. The molecule has 0 saturated carbocycles. The molecule has 16 heavy (non-hydrogen) atoms. The zero-order valence-electron chi connectivity index (χ0n) is 8.22. The van der Waals surface area contributed by atoms with Crippen LogP contribution in [0.1, 0.15) is 23.0 Å². The monoisotopic (exact) mass is 235 g/mol. The third-order valence-corrected chi connectivity index (χ3v) is 1.72. The summed E-state index contributed by atoms with van der Waals surface area (Å²) in [6.07, 6.45) is -3.98. The van der Waals surface area contributed by atoms with Crippen LogP contribution in [0.5, 0.6) is 0 Å². The molecule has 0 aliphatic carbocycles. The Balaban J connectivity index is 3.36. The molecule has 0 unspecified atom stereocenters. The van der Waals surface area contributed by atoms with Gasteiger partial charge in [0.2, 0.25) is 0 Å². The zero-order valence-corrected chi connectivity index (χ0v) is 8.22. The van der Waals surface area contributed by atoms with Crippen molar-refractivity contribution < 1.29 is 22.7 Å². The number of nitrogens with one attached hydrogen (secondary N) is 1. The Kier molecular flexibility index (Phi) is 3.36. The van der Waals surface area contributed by atoms with Gasteiger partial charge in [0.25, 0.3) is 0 Å². The highest BCUT2D eigenvalue weighted by atomic mass is 19.4. The van der Waals surface area contributed by atoms with Crippen LogP contribution in [0.3, 0.4) is 0 Å². The Morgan fingerprint density at radius 2 is 2.12 bits per heavy atom. The van der Waals surface area contributed by atoms with Crippen LogP contribution in [0, 0.1) is 0 Å². The lowest BCUT2D eigenvalue weighted by atomic mass is 10.2. The van der Waals surface area contributed by atoms with Gasteiger partial charge in [0.15, 0.2) is 5.43 Å². The Bertz CT molecular complexity index is 450. The normalized spacial score (nSPS) is 11.2. The van der Waals surface area contributed by atoms with Crippen LogP contribution in [-0.2, 0) is 10.9 Å². The first-order chi connectivity index (χ1) is 7.38. The second-order valence-electron chi connectivity index (χ2n) is 2.81. The number of pyridine rings is 1. The Morgan fingerprint density at radius 1 is 1.50 bits per heavy atom. The van der Waals surface area contributed by atoms with Crippen molar-refractivity contribution in [1.82, 2.24) is 4.98 Å². The first-order valence-electron chi connectivity index (χ1n) is 4.34. The summed E-state index contributed by atoms with van der Waals surface area (Å²) in [6, 6.07) is 0.835. The highest BCUT2D eigenvalue weighted by Gasteiger charge is 2.38. The van der Waals surface area contributed by atoms with E-state index in [0.717, 1.165) is 12.3 Å². The minimum atomic E-state index is -4.80. The number of alkyl halides is 3. The predicted molar refractivity (Wildman–Crippen MR) is 48.0 cm³/mol. The van der Waals surface area contributed by atoms with Crippen LogP contribution in [0.25, 0.3) is 0 Å². The molecule has 0 radical (unpaired) electrons. The lowest BCUT2D eigenvalue weighted by Gasteiger charge is -2.10. The summed E-state index contributed by atoms with van der Waals surface area (Å²) >= 11 is 0. The fourth-order valence-electron chi connectivity index (χ4n) is 1.11. The third kappa shape index (κ3) is 2.41. The van der Waals surface area contributed by atoms with E-state index in [1.165, 1.54) is 6.92 Å². The number of aromatic amines is 1. The highest BCUT2D eigenvalue weighted by Crippen LogP contribution is 2.28. The van der Waals surface area contributed by atoms with Crippen LogP contribution in [0.2, 0.25) is 0 Å². The van der Waals surface area contributed by atoms with Crippen molar-refractivity contribution in [3.63, 3.8) is 0 Å². The summed E-state index contributed by atoms with van der Waals surface area (Å²) in [5, 5.41) is 0. The van der Waals surface area contributed by atoms with Crippen molar-refractivity contribution in [1.29, 1.82) is 0 Å². The molecule has 1 aromatic rings. The largest absolute Gasteiger partial charge is 0.462 e. The van der Waals surface area contributed by atoms with E-state index < -0.39 is 28.8 Å². The van der Waals surface area contributed by atoms with Gasteiger partial charge in [-0.2, -0.15) is 13.2 Å². The molecule has 0 aliphatic heterocycles. The summed E-state index contributed by atoms with van der Waals surface area (Å²) in [5.41, 5.74) is -3.43. The van der Waals surface area contributed by atoms with Crippen LogP contribution in [-0.4, -0.2) is 17.6 Å². The average molecular weight is 235 g/mol. The number of ether oxygens (including phenoxy) is 1. The van der Waals surface area contributed by atoms with Gasteiger partial charge in [0, 0.05) is 12.3 Å². The molecule has 4 nitrogen and oxygen atoms in total. The van der Waals surface area contributed by atoms with Crippen LogP contribution >= 0.6 is 0 Å². The van der Waals surface area contributed by atoms with Crippen LogP contribution < -0.4 is 5.43 Å². The molecule has 1 N–H and O–H groups in total. The molecule has 7 heteroatoms. The van der Waals surface area contributed by atoms with Gasteiger partial charge in [-0.25, -0.2) is 4.79 Å². The number of hydrogen-bond acceptors (Lipinski definition) is 3. The molecule has 0 amide bonds. The lowest BCUT2D eigenvalue weighted by Crippen LogP contribution is -2.25. The van der Waals surface area contributed by atoms with Crippen molar-refractivity contribution in [2.24, 2.45) is 0 Å². The van der Waals surface area contributed by atoms with Gasteiger partial charge in [0.05, 0.1) is 6.61 Å². The molecule has 0 aliphatic rings. The molecule has 0 bridgehead atoms. The number of carbonyl (C=O) groups excluding carboxylic acids is 1. The molecule has 0 atom stereocenters. The Morgan fingerprint density at radius 3 is 2.62 bits per heavy atom. The molecular formula is C9H8F3NO3. The zero-order chi connectivity index (χ0) is 12.3. The van der Waals surface area contributed by atoms with E-state index >= 15 is 0 Å². The number of halogens is 3. The summed E-state index contributed by atoms with van der Waals surface area (Å²) in [4.78, 5) is 24.2. The predicted octanol–water partition coefficient (Wildman–Crippen LogP) is 1.57. The second-order valence-corrected chi connectivity index (χ2v) is 2.81. The summed E-state index contributed by atoms with van der Waals surface area (Å²) < 4.78 is 41.7. The topological polar surface area (TPSA) is 59.2 Å². The third-order valence-electron chi connectivity index (χ3n) is 1.72. The van der Waals surface area contributed by atoms with Crippen LogP contribution in [0.4, 0.5) is 13.2 Å². The Labute approximate surface area is 88.0 Å². The smallest absolute Gasteiger partial charge is 0.432 e. The van der Waals surface area contributed by atoms with Crippen molar-refractivity contribution in [2.45, 2.75) is 13.1 Å². The van der Waals surface area contributed by atoms with E-state index in [1.807, 2.05) is 4.98 Å². The van der Waals surface area contributed by atoms with Crippen LogP contribution in [0.15, 0.2) is 17.1 Å². The highest BCUT2D eigenvalue weighted by molar-refractivity contribution is 5.90. The maximum Gasteiger partial charge on any atom is 0.432 e. The van der Waals surface area contributed by atoms with Gasteiger partial charge >= 0.3 is 12.1 Å². The maximum absolute atomic E-state index is 12.5. The lowest BCUT2D eigenvalue weighted by molar-refractivity contribution is -0.141. The van der Waals surface area contributed by atoms with Gasteiger partial charge in [-0.15, -0.1) is 0 Å². The number of aromatic nitrogens is 1. The molecule has 1 heterocycles. The van der Waals surface area contributed by atoms with E-state index in [4.69, 9.17) is 0 Å². The average Bonchev–Trinajstić information content (AvgIpc) is 2.16. The number of H-pyrrole nitrogens is 1. The SMILES string of the molecule is CCOC(=O)c1c(C(F)(F)F)[nH]ccc1=O. The van der Waals surface area contributed by atoms with Crippen molar-refractivity contribution in [3.8, 4) is 0 Å². The van der Waals surface area contributed by atoms with Crippen molar-refractivity contribution >= 4 is 5.97 Å². The van der Waals surface area contributed by atoms with E-state index in [2.05, 4.69) is 4.74 Å². The molecule has 0 saturated heterocycles. The number of carbonyl (C=O) groups is 1. The van der Waals surface area contributed by atoms with E-state index in [9.17, 15) is 22.8 Å². The maximum atomic E-state index is 12.5. The van der Waals surface area contributed by atoms with E-state index in [0.29, 0.717) is 0 Å². The molecule has 0 spiro atoms. The first-order valence-corrected chi connectivity index (χ1v) is 4.34. The van der Waals surface area contributed by atoms with Gasteiger partial charge in [-0.1, -0.05) is 0 Å². The van der Waals surface area contributed by atoms with E-state index in [-0.39, 0.29) is 6.61 Å². The molecule has 0 fully saturated rings. The first kappa shape index (κ1) is 12.3. The van der Waals surface area contributed by atoms with Crippen molar-refractivity contribution in [3.05, 3.63) is 33.7 Å². The molecular weight excluding hydrogens is 227 g/mol. The van der Waals surface area contributed by atoms with Gasteiger partial charge < -0.3 is 9.72 Å². The minimum Gasteiger partial charge on any atom is -0.462 e. The summed E-state index contributed by atoms with van der Waals surface area (Å²) in [7, 11) is 0. The fraction of sp³-hybridized carbons (Fsp3) is 0.333. The van der Waals surface area contributed by atoms with Gasteiger partial charge in [-0.05, 0) is 6.92 Å². The molecule has 0 aromatic carbocycles. The van der Waals surface area contributed by atoms with Crippen molar-refractivity contribution in [2.75, 3.05) is 6.61 Å². The summed E-state index contributed by atoms with van der Waals surface area (Å²) in [6.45, 7) is 1.33. The van der Waals surface area contributed by atoms with Gasteiger partial charge in [-0.3, -0.25) is 4.79 Å². The molecule has 88 valence electrons. The minimum absolute atomic E-state index is 0.107. The number of esters is 1. The second kappa shape index (κ2) is 4.38. The quantitative estimate of drug-likeness (QED) is 0.791. The number of rotatable bonds is 2. The number of hydrogen-bond donors (Lipinski definition) is 1.